The van der Waals surface area contributed by atoms with Crippen LogP contribution in [0.5, 0.6) is 0 Å². The van der Waals surface area contributed by atoms with Gasteiger partial charge in [0.1, 0.15) is 0 Å². The van der Waals surface area contributed by atoms with Crippen LogP contribution in [-0.4, -0.2) is 21.5 Å². The highest BCUT2D eigenvalue weighted by Gasteiger charge is 2.06. The summed E-state index contributed by atoms with van der Waals surface area (Å²) in [5.41, 5.74) is 0.820. The summed E-state index contributed by atoms with van der Waals surface area (Å²) in [6, 6.07) is 5.57. The minimum atomic E-state index is -0.479. The second kappa shape index (κ2) is 5.90. The summed E-state index contributed by atoms with van der Waals surface area (Å²) in [5.74, 6) is 0.0987. The van der Waals surface area contributed by atoms with E-state index in [4.69, 9.17) is 0 Å². The predicted molar refractivity (Wildman–Crippen MR) is 67.7 cm³/mol. The van der Waals surface area contributed by atoms with Crippen LogP contribution in [0.15, 0.2) is 30.6 Å². The van der Waals surface area contributed by atoms with Crippen molar-refractivity contribution in [2.24, 2.45) is 0 Å². The maximum Gasteiger partial charge on any atom is 0.224 e. The molecular formula is C12H14FN5. The number of nitrogens with zero attached hydrogens (tertiary/aromatic N) is 3. The largest absolute Gasteiger partial charge is 0.362 e. The van der Waals surface area contributed by atoms with E-state index in [1.54, 1.807) is 6.20 Å². The van der Waals surface area contributed by atoms with E-state index >= 15 is 0 Å². The molecule has 0 fully saturated rings. The first kappa shape index (κ1) is 12.2. The van der Waals surface area contributed by atoms with Crippen molar-refractivity contribution in [3.63, 3.8) is 0 Å². The molecule has 2 aromatic heterocycles. The van der Waals surface area contributed by atoms with Crippen molar-refractivity contribution in [1.82, 2.24) is 15.0 Å². The molecule has 0 saturated carbocycles. The van der Waals surface area contributed by atoms with Crippen LogP contribution in [0.4, 0.5) is 16.2 Å². The summed E-state index contributed by atoms with van der Waals surface area (Å²) in [7, 11) is 0. The first-order valence-electron chi connectivity index (χ1n) is 5.69. The van der Waals surface area contributed by atoms with Crippen molar-refractivity contribution in [3.8, 4) is 0 Å². The third-order valence-electron chi connectivity index (χ3n) is 2.24. The van der Waals surface area contributed by atoms with Crippen LogP contribution in [-0.2, 0) is 6.54 Å². The summed E-state index contributed by atoms with van der Waals surface area (Å²) in [6.45, 7) is 3.03. The minimum absolute atomic E-state index is 0.173. The Balaban J connectivity index is 2.06. The molecular weight excluding hydrogens is 233 g/mol. The van der Waals surface area contributed by atoms with Gasteiger partial charge in [0.05, 0.1) is 18.4 Å². The fourth-order valence-corrected chi connectivity index (χ4v) is 1.41. The van der Waals surface area contributed by atoms with Gasteiger partial charge in [0.25, 0.3) is 0 Å². The van der Waals surface area contributed by atoms with Crippen molar-refractivity contribution in [2.45, 2.75) is 13.5 Å². The Bertz CT molecular complexity index is 503. The highest BCUT2D eigenvalue weighted by Crippen LogP contribution is 2.12. The average Bonchev–Trinajstić information content (AvgIpc) is 2.41. The molecule has 2 N–H and O–H groups in total. The summed E-state index contributed by atoms with van der Waals surface area (Å²) in [6.07, 6.45) is 2.84. The third kappa shape index (κ3) is 3.13. The normalized spacial score (nSPS) is 10.1. The number of nitrogens with one attached hydrogen (secondary N) is 2. The molecule has 94 valence electrons. The molecule has 0 aliphatic rings. The molecule has 0 bridgehead atoms. The summed E-state index contributed by atoms with van der Waals surface area (Å²) in [5, 5.41) is 5.83. The molecule has 0 spiro atoms. The van der Waals surface area contributed by atoms with Crippen LogP contribution in [0, 0.1) is 5.82 Å². The Morgan fingerprint density at radius 3 is 2.83 bits per heavy atom. The van der Waals surface area contributed by atoms with Crippen LogP contribution in [0.2, 0.25) is 0 Å². The van der Waals surface area contributed by atoms with Crippen LogP contribution in [0.3, 0.4) is 0 Å². The smallest absolute Gasteiger partial charge is 0.224 e. The molecule has 0 aliphatic heterocycles. The molecule has 5 nitrogen and oxygen atoms in total. The van der Waals surface area contributed by atoms with Crippen molar-refractivity contribution >= 4 is 11.8 Å². The quantitative estimate of drug-likeness (QED) is 0.846. The number of halogens is 1. The second-order valence-electron chi connectivity index (χ2n) is 3.60. The van der Waals surface area contributed by atoms with Crippen molar-refractivity contribution in [1.29, 1.82) is 0 Å². The molecule has 0 amide bonds. The van der Waals surface area contributed by atoms with Gasteiger partial charge in [-0.1, -0.05) is 6.07 Å². The highest BCUT2D eigenvalue weighted by molar-refractivity contribution is 5.41. The number of anilines is 2. The van der Waals surface area contributed by atoms with Crippen molar-refractivity contribution < 1.29 is 4.39 Å². The Labute approximate surface area is 105 Å². The number of aromatic nitrogens is 3. The topological polar surface area (TPSA) is 62.7 Å². The van der Waals surface area contributed by atoms with Gasteiger partial charge in [0.2, 0.25) is 5.95 Å². The van der Waals surface area contributed by atoms with Crippen LogP contribution in [0.1, 0.15) is 12.6 Å². The summed E-state index contributed by atoms with van der Waals surface area (Å²) < 4.78 is 13.5. The Morgan fingerprint density at radius 2 is 2.11 bits per heavy atom. The second-order valence-corrected chi connectivity index (χ2v) is 3.60. The zero-order valence-electron chi connectivity index (χ0n) is 10.0. The molecule has 2 heterocycles. The number of hydrogen-bond acceptors (Lipinski definition) is 5. The van der Waals surface area contributed by atoms with E-state index < -0.39 is 5.82 Å². The maximum absolute atomic E-state index is 13.5. The molecule has 0 atom stereocenters. The van der Waals surface area contributed by atoms with Gasteiger partial charge in [-0.25, -0.2) is 9.37 Å². The number of rotatable bonds is 5. The Hall–Kier alpha value is -2.24. The van der Waals surface area contributed by atoms with Gasteiger partial charge in [-0.05, 0) is 19.1 Å². The van der Waals surface area contributed by atoms with E-state index in [0.29, 0.717) is 19.0 Å². The predicted octanol–water partition coefficient (Wildman–Crippen LogP) is 2.05. The standard InChI is InChI=1S/C12H14FN5/c1-2-14-12-17-8-10(13)11(18-12)16-7-9-5-3-4-6-15-9/h3-6,8H,2,7H2,1H3,(H2,14,16,17,18). The number of hydrogen-bond donors (Lipinski definition) is 2. The lowest BCUT2D eigenvalue weighted by Crippen LogP contribution is -2.09. The van der Waals surface area contributed by atoms with Gasteiger partial charge >= 0.3 is 0 Å². The molecule has 0 aliphatic carbocycles. The lowest BCUT2D eigenvalue weighted by atomic mass is 10.3. The zero-order chi connectivity index (χ0) is 12.8. The Morgan fingerprint density at radius 1 is 1.22 bits per heavy atom. The van der Waals surface area contributed by atoms with Crippen LogP contribution in [0.25, 0.3) is 0 Å². The van der Waals surface area contributed by atoms with Gasteiger partial charge in [-0.15, -0.1) is 0 Å². The minimum Gasteiger partial charge on any atom is -0.362 e. The molecule has 2 aromatic rings. The van der Waals surface area contributed by atoms with Gasteiger partial charge in [0.15, 0.2) is 11.6 Å². The molecule has 0 unspecified atom stereocenters. The fourth-order valence-electron chi connectivity index (χ4n) is 1.41. The summed E-state index contributed by atoms with van der Waals surface area (Å²) in [4.78, 5) is 12.0. The van der Waals surface area contributed by atoms with Crippen molar-refractivity contribution in [3.05, 3.63) is 42.1 Å². The lowest BCUT2D eigenvalue weighted by molar-refractivity contribution is 0.617. The average molecular weight is 247 g/mol. The van der Waals surface area contributed by atoms with Crippen LogP contribution >= 0.6 is 0 Å². The lowest BCUT2D eigenvalue weighted by Gasteiger charge is -2.08. The van der Waals surface area contributed by atoms with Crippen LogP contribution < -0.4 is 10.6 Å². The molecule has 18 heavy (non-hydrogen) atoms. The molecule has 0 saturated heterocycles. The Kier molecular flexibility index (Phi) is 4.01. The fraction of sp³-hybridized carbons (Fsp3) is 0.250. The molecule has 6 heteroatoms. The van der Waals surface area contributed by atoms with Gasteiger partial charge < -0.3 is 10.6 Å². The molecule has 0 aromatic carbocycles. The molecule has 2 rings (SSSR count). The van der Waals surface area contributed by atoms with E-state index in [0.717, 1.165) is 11.9 Å². The highest BCUT2D eigenvalue weighted by atomic mass is 19.1. The maximum atomic E-state index is 13.5. The van der Waals surface area contributed by atoms with E-state index in [2.05, 4.69) is 25.6 Å². The van der Waals surface area contributed by atoms with E-state index in [-0.39, 0.29) is 5.82 Å². The van der Waals surface area contributed by atoms with E-state index in [1.165, 1.54) is 0 Å². The third-order valence-corrected chi connectivity index (χ3v) is 2.24. The van der Waals surface area contributed by atoms with Crippen molar-refractivity contribution in [2.75, 3.05) is 17.2 Å². The van der Waals surface area contributed by atoms with Gasteiger partial charge in [-0.3, -0.25) is 4.98 Å². The number of pyridine rings is 1. The molecule has 0 radical (unpaired) electrons. The van der Waals surface area contributed by atoms with Gasteiger partial charge in [-0.2, -0.15) is 4.98 Å². The first-order chi connectivity index (χ1) is 8.79. The SMILES string of the molecule is CCNc1ncc(F)c(NCc2ccccn2)n1. The van der Waals surface area contributed by atoms with E-state index in [1.807, 2.05) is 25.1 Å². The zero-order valence-corrected chi connectivity index (χ0v) is 10.0. The van der Waals surface area contributed by atoms with Gasteiger partial charge in [0, 0.05) is 12.7 Å². The van der Waals surface area contributed by atoms with E-state index in [9.17, 15) is 4.39 Å². The summed E-state index contributed by atoms with van der Waals surface area (Å²) >= 11 is 0. The first-order valence-corrected chi connectivity index (χ1v) is 5.69. The monoisotopic (exact) mass is 247 g/mol.